The number of nitriles is 2. The maximum Gasteiger partial charge on any atom is 0.149 e. The van der Waals surface area contributed by atoms with Gasteiger partial charge in [-0.15, -0.1) is 10.2 Å². The number of hydrogen-bond acceptors (Lipinski definition) is 7. The molecule has 0 aliphatic carbocycles. The van der Waals surface area contributed by atoms with E-state index in [9.17, 15) is 10.5 Å². The van der Waals surface area contributed by atoms with Crippen molar-refractivity contribution in [3.8, 4) is 23.6 Å². The number of ether oxygens (including phenoxy) is 2. The number of rotatable bonds is 25. The molecule has 0 saturated heterocycles. The Morgan fingerprint density at radius 1 is 0.638 bits per heavy atom. The lowest BCUT2D eigenvalue weighted by atomic mass is 10.0. The van der Waals surface area contributed by atoms with Gasteiger partial charge in [-0.3, -0.25) is 0 Å². The Bertz CT molecular complexity index is 1270. The minimum Gasteiger partial charge on any atom is -0.491 e. The minimum absolute atomic E-state index is 0.314. The molecule has 0 saturated carbocycles. The smallest absolute Gasteiger partial charge is 0.149 e. The van der Waals surface area contributed by atoms with Crippen LogP contribution in [0, 0.1) is 34.5 Å². The minimum atomic E-state index is 0.314. The van der Waals surface area contributed by atoms with Gasteiger partial charge in [0.15, 0.2) is 0 Å². The lowest BCUT2D eigenvalue weighted by molar-refractivity contribution is 0.228. The molecule has 7 nitrogen and oxygen atoms in total. The Morgan fingerprint density at radius 2 is 1.19 bits per heavy atom. The van der Waals surface area contributed by atoms with Crippen molar-refractivity contribution < 1.29 is 9.47 Å². The molecule has 0 radical (unpaired) electrons. The summed E-state index contributed by atoms with van der Waals surface area (Å²) in [4.78, 5) is 2.49. The van der Waals surface area contributed by atoms with Gasteiger partial charge >= 0.3 is 0 Å². The molecule has 0 aliphatic rings. The van der Waals surface area contributed by atoms with Gasteiger partial charge in [0.1, 0.15) is 28.9 Å². The average Bonchev–Trinajstić information content (AvgIpc) is 3.10. The van der Waals surface area contributed by atoms with E-state index in [1.165, 1.54) is 51.4 Å². The molecular formula is C40H61N5O2. The van der Waals surface area contributed by atoms with Crippen LogP contribution < -0.4 is 14.4 Å². The van der Waals surface area contributed by atoms with Gasteiger partial charge in [0.2, 0.25) is 0 Å². The molecule has 47 heavy (non-hydrogen) atoms. The van der Waals surface area contributed by atoms with Gasteiger partial charge in [0.25, 0.3) is 0 Å². The number of azo groups is 1. The Kier molecular flexibility index (Phi) is 20.0. The summed E-state index contributed by atoms with van der Waals surface area (Å²) in [6, 6.07) is 13.3. The van der Waals surface area contributed by atoms with E-state index in [1.807, 2.05) is 6.07 Å². The number of nitrogens with zero attached hydrogens (tertiary/aromatic N) is 5. The number of benzene rings is 2. The Morgan fingerprint density at radius 3 is 1.70 bits per heavy atom. The van der Waals surface area contributed by atoms with E-state index in [1.54, 1.807) is 18.2 Å². The lowest BCUT2D eigenvalue weighted by Crippen LogP contribution is -2.27. The van der Waals surface area contributed by atoms with Crippen molar-refractivity contribution in [1.82, 2.24) is 0 Å². The fourth-order valence-electron chi connectivity index (χ4n) is 5.65. The second-order valence-electron chi connectivity index (χ2n) is 12.8. The quantitative estimate of drug-likeness (QED) is 0.0792. The molecule has 0 aliphatic heterocycles. The average molecular weight is 644 g/mol. The normalized spacial score (nSPS) is 12.4. The van der Waals surface area contributed by atoms with E-state index in [4.69, 9.17) is 9.47 Å². The van der Waals surface area contributed by atoms with Crippen LogP contribution in [0.15, 0.2) is 40.6 Å². The second-order valence-corrected chi connectivity index (χ2v) is 12.8. The molecule has 2 unspecified atom stereocenters. The van der Waals surface area contributed by atoms with E-state index >= 15 is 0 Å². The molecule has 0 amide bonds. The van der Waals surface area contributed by atoms with Gasteiger partial charge < -0.3 is 14.4 Å². The molecule has 2 rings (SSSR count). The predicted molar refractivity (Wildman–Crippen MR) is 195 cm³/mol. The van der Waals surface area contributed by atoms with Crippen LogP contribution in [0.25, 0.3) is 0 Å². The van der Waals surface area contributed by atoms with E-state index in [0.717, 1.165) is 63.1 Å². The van der Waals surface area contributed by atoms with Crippen LogP contribution in [0.1, 0.15) is 143 Å². The molecule has 0 aromatic heterocycles. The van der Waals surface area contributed by atoms with E-state index < -0.39 is 0 Å². The Hall–Kier alpha value is -3.58. The SMILES string of the molecule is CCCCCN(CCCCC)c1cc(OCC(CC)CCCC)c(/N=N/c2ccc(C#N)cc2C#N)cc1OCC(CC)CCCC. The van der Waals surface area contributed by atoms with Crippen molar-refractivity contribution in [1.29, 1.82) is 10.5 Å². The maximum absolute atomic E-state index is 9.75. The third kappa shape index (κ3) is 14.0. The highest BCUT2D eigenvalue weighted by Gasteiger charge is 2.20. The van der Waals surface area contributed by atoms with E-state index in [0.29, 0.717) is 53.3 Å². The molecule has 0 N–H and O–H groups in total. The third-order valence-corrected chi connectivity index (χ3v) is 8.99. The molecule has 2 atom stereocenters. The zero-order valence-corrected chi connectivity index (χ0v) is 30.3. The van der Waals surface area contributed by atoms with Crippen LogP contribution in [0.4, 0.5) is 17.1 Å². The van der Waals surface area contributed by atoms with Gasteiger partial charge in [-0.2, -0.15) is 10.5 Å². The van der Waals surface area contributed by atoms with Gasteiger partial charge in [-0.1, -0.05) is 106 Å². The first kappa shape index (κ1) is 39.6. The largest absolute Gasteiger partial charge is 0.491 e. The van der Waals surface area contributed by atoms with E-state index in [-0.39, 0.29) is 0 Å². The summed E-state index contributed by atoms with van der Waals surface area (Å²) in [6.45, 7) is 16.6. The first-order chi connectivity index (χ1) is 23.0. The topological polar surface area (TPSA) is 94.0 Å². The first-order valence-electron chi connectivity index (χ1n) is 18.5. The second kappa shape index (κ2) is 23.7. The molecule has 0 heterocycles. The Balaban J connectivity index is 2.67. The van der Waals surface area contributed by atoms with Crippen LogP contribution in [-0.4, -0.2) is 26.3 Å². The van der Waals surface area contributed by atoms with Crippen molar-refractivity contribution in [2.24, 2.45) is 22.1 Å². The van der Waals surface area contributed by atoms with Gasteiger partial charge in [-0.05, 0) is 55.7 Å². The van der Waals surface area contributed by atoms with E-state index in [2.05, 4.69) is 74.9 Å². The summed E-state index contributed by atoms with van der Waals surface area (Å²) in [5, 5.41) is 28.3. The molecule has 2 aromatic carbocycles. The summed E-state index contributed by atoms with van der Waals surface area (Å²) >= 11 is 0. The molecule has 7 heteroatoms. The van der Waals surface area contributed by atoms with Gasteiger partial charge in [0, 0.05) is 25.2 Å². The molecule has 258 valence electrons. The molecule has 0 spiro atoms. The number of anilines is 1. The van der Waals surface area contributed by atoms with Crippen LogP contribution >= 0.6 is 0 Å². The zero-order chi connectivity index (χ0) is 34.3. The van der Waals surface area contributed by atoms with Gasteiger partial charge in [-0.25, -0.2) is 0 Å². The van der Waals surface area contributed by atoms with Gasteiger partial charge in [0.05, 0.1) is 36.1 Å². The lowest BCUT2D eigenvalue weighted by Gasteiger charge is -2.29. The summed E-state index contributed by atoms with van der Waals surface area (Å²) in [7, 11) is 0. The summed E-state index contributed by atoms with van der Waals surface area (Å²) in [6.07, 6.45) is 16.1. The molecule has 0 fully saturated rings. The maximum atomic E-state index is 9.75. The van der Waals surface area contributed by atoms with Crippen LogP contribution in [0.5, 0.6) is 11.5 Å². The number of hydrogen-bond donors (Lipinski definition) is 0. The zero-order valence-electron chi connectivity index (χ0n) is 30.3. The highest BCUT2D eigenvalue weighted by molar-refractivity contribution is 5.70. The van der Waals surface area contributed by atoms with Crippen molar-refractivity contribution in [2.45, 2.75) is 131 Å². The fourth-order valence-corrected chi connectivity index (χ4v) is 5.65. The first-order valence-corrected chi connectivity index (χ1v) is 18.5. The monoisotopic (exact) mass is 643 g/mol. The summed E-state index contributed by atoms with van der Waals surface area (Å²) in [5.41, 5.74) is 2.81. The van der Waals surface area contributed by atoms with Crippen molar-refractivity contribution in [3.05, 3.63) is 41.5 Å². The fraction of sp³-hybridized carbons (Fsp3) is 0.650. The van der Waals surface area contributed by atoms with Crippen LogP contribution in [-0.2, 0) is 0 Å². The third-order valence-electron chi connectivity index (χ3n) is 8.99. The Labute approximate surface area is 286 Å². The summed E-state index contributed by atoms with van der Waals surface area (Å²) in [5.74, 6) is 2.44. The van der Waals surface area contributed by atoms with Crippen LogP contribution in [0.2, 0.25) is 0 Å². The highest BCUT2D eigenvalue weighted by Crippen LogP contribution is 2.42. The van der Waals surface area contributed by atoms with Crippen molar-refractivity contribution >= 4 is 17.1 Å². The summed E-state index contributed by atoms with van der Waals surface area (Å²) < 4.78 is 13.3. The van der Waals surface area contributed by atoms with Crippen LogP contribution in [0.3, 0.4) is 0 Å². The standard InChI is InChI=1S/C40H61N5O2/c1-7-13-17-23-45(24-18-14-8-2)38-27-39(46-30-32(11-5)19-15-9-3)37(26-40(38)47-31-33(12-6)20-16-10-4)44-43-36-22-21-34(28-41)25-35(36)29-42/h21-22,25-27,32-33H,7-20,23-24,30-31H2,1-6H3/b44-43+. The molecule has 0 bridgehead atoms. The van der Waals surface area contributed by atoms with Crippen molar-refractivity contribution in [2.75, 3.05) is 31.2 Å². The molecule has 2 aromatic rings. The molecular weight excluding hydrogens is 582 g/mol. The van der Waals surface area contributed by atoms with Crippen molar-refractivity contribution in [3.63, 3.8) is 0 Å². The predicted octanol–water partition coefficient (Wildman–Crippen LogP) is 12.2. The highest BCUT2D eigenvalue weighted by atomic mass is 16.5. The number of unbranched alkanes of at least 4 members (excludes halogenated alkanes) is 6.